The highest BCUT2D eigenvalue weighted by Crippen LogP contribution is 2.57. The monoisotopic (exact) mass is 435 g/mol. The van der Waals surface area contributed by atoms with E-state index in [0.717, 1.165) is 0 Å². The number of aliphatic hydroxyl groups is 2. The molecule has 2 N–H and O–H groups in total. The number of cyclic esters (lactones) is 1. The van der Waals surface area contributed by atoms with Gasteiger partial charge in [-0.3, -0.25) is 14.4 Å². The van der Waals surface area contributed by atoms with Gasteiger partial charge >= 0.3 is 11.9 Å². The third-order valence-corrected chi connectivity index (χ3v) is 7.90. The summed E-state index contributed by atoms with van der Waals surface area (Å²) in [5.41, 5.74) is -1.39. The van der Waals surface area contributed by atoms with Crippen molar-refractivity contribution in [3.63, 3.8) is 0 Å². The number of fused-ring (bicyclic) bond motifs is 3. The highest BCUT2D eigenvalue weighted by atomic mass is 16.7. The number of hydrogen-bond acceptors (Lipinski definition) is 9. The van der Waals surface area contributed by atoms with E-state index in [-0.39, 0.29) is 11.9 Å². The van der Waals surface area contributed by atoms with E-state index in [1.54, 1.807) is 18.7 Å². The van der Waals surface area contributed by atoms with Crippen LogP contribution < -0.4 is 0 Å². The van der Waals surface area contributed by atoms with Gasteiger partial charge in [-0.2, -0.15) is 0 Å². The Balaban J connectivity index is 1.54. The van der Waals surface area contributed by atoms with Gasteiger partial charge < -0.3 is 29.3 Å². The minimum Gasteiger partial charge on any atom is -0.456 e. The molecule has 5 aliphatic heterocycles. The fraction of sp³-hybridized carbons (Fsp3) is 0.773. The first-order valence-electron chi connectivity index (χ1n) is 11.2. The van der Waals surface area contributed by atoms with E-state index in [0.29, 0.717) is 37.9 Å². The normalized spacial score (nSPS) is 49.1. The van der Waals surface area contributed by atoms with Gasteiger partial charge in [0.15, 0.2) is 0 Å². The summed E-state index contributed by atoms with van der Waals surface area (Å²) >= 11 is 0. The maximum absolute atomic E-state index is 13.3. The summed E-state index contributed by atoms with van der Waals surface area (Å²) in [5.74, 6) is -5.23. The van der Waals surface area contributed by atoms with E-state index in [4.69, 9.17) is 14.2 Å². The van der Waals surface area contributed by atoms with Crippen molar-refractivity contribution in [3.05, 3.63) is 11.8 Å². The number of carbonyl (C=O) groups is 3. The molecule has 9 nitrogen and oxygen atoms in total. The zero-order valence-electron chi connectivity index (χ0n) is 17.9. The first-order valence-corrected chi connectivity index (χ1v) is 11.2. The largest absolute Gasteiger partial charge is 0.456 e. The number of hydrogen-bond donors (Lipinski definition) is 2. The molecule has 0 radical (unpaired) electrons. The van der Waals surface area contributed by atoms with Crippen molar-refractivity contribution in [2.45, 2.75) is 76.3 Å². The lowest BCUT2D eigenvalue weighted by Gasteiger charge is -2.43. The average Bonchev–Trinajstić information content (AvgIpc) is 3.34. The lowest BCUT2D eigenvalue weighted by molar-refractivity contribution is -0.251. The number of carbonyl (C=O) groups excluding carboxylic acids is 3. The summed E-state index contributed by atoms with van der Waals surface area (Å²) in [6.45, 7) is 5.65. The molecule has 1 spiro atoms. The third kappa shape index (κ3) is 2.57. The second-order valence-corrected chi connectivity index (χ2v) is 9.59. The molecule has 5 heterocycles. The van der Waals surface area contributed by atoms with Gasteiger partial charge in [0.25, 0.3) is 0 Å². The van der Waals surface area contributed by atoms with Crippen LogP contribution in [0, 0.1) is 23.7 Å². The van der Waals surface area contributed by atoms with Crippen LogP contribution in [0.1, 0.15) is 46.5 Å². The van der Waals surface area contributed by atoms with Crippen LogP contribution in [0.3, 0.4) is 0 Å². The number of nitrogens with zero attached hydrogens (tertiary/aromatic N) is 1. The van der Waals surface area contributed by atoms with E-state index < -0.39 is 59.3 Å². The molecule has 0 aromatic carbocycles. The Kier molecular flexibility index (Phi) is 4.56. The number of ketones is 1. The molecular weight excluding hydrogens is 406 g/mol. The van der Waals surface area contributed by atoms with Gasteiger partial charge in [0.1, 0.15) is 12.2 Å². The van der Waals surface area contributed by atoms with Gasteiger partial charge in [-0.1, -0.05) is 13.8 Å². The zero-order valence-corrected chi connectivity index (χ0v) is 17.9. The van der Waals surface area contributed by atoms with Gasteiger partial charge in [0.05, 0.1) is 29.6 Å². The summed E-state index contributed by atoms with van der Waals surface area (Å²) in [7, 11) is 0. The van der Waals surface area contributed by atoms with Gasteiger partial charge in [0, 0.05) is 25.0 Å². The molecule has 5 aliphatic rings. The van der Waals surface area contributed by atoms with Crippen LogP contribution in [0.4, 0.5) is 0 Å². The van der Waals surface area contributed by atoms with Gasteiger partial charge in [0.2, 0.25) is 17.3 Å². The van der Waals surface area contributed by atoms with Crippen LogP contribution >= 0.6 is 0 Å². The molecule has 9 atom stereocenters. The van der Waals surface area contributed by atoms with Crippen molar-refractivity contribution in [1.82, 2.24) is 4.90 Å². The van der Waals surface area contributed by atoms with Crippen LogP contribution in [0.15, 0.2) is 11.8 Å². The fourth-order valence-electron chi connectivity index (χ4n) is 6.31. The highest BCUT2D eigenvalue weighted by molar-refractivity contribution is 6.00. The van der Waals surface area contributed by atoms with Crippen molar-refractivity contribution in [3.8, 4) is 0 Å². The maximum Gasteiger partial charge on any atom is 0.314 e. The predicted molar refractivity (Wildman–Crippen MR) is 104 cm³/mol. The van der Waals surface area contributed by atoms with Crippen LogP contribution in [0.5, 0.6) is 0 Å². The second kappa shape index (κ2) is 6.76. The van der Waals surface area contributed by atoms with Gasteiger partial charge in [-0.05, 0) is 26.2 Å². The highest BCUT2D eigenvalue weighted by Gasteiger charge is 2.73. The zero-order chi connectivity index (χ0) is 22.3. The molecule has 31 heavy (non-hydrogen) atoms. The Labute approximate surface area is 180 Å². The minimum atomic E-state index is -1.91. The molecule has 0 unspecified atom stereocenters. The molecule has 0 aromatic heterocycles. The third-order valence-electron chi connectivity index (χ3n) is 7.90. The maximum atomic E-state index is 13.3. The fourth-order valence-corrected chi connectivity index (χ4v) is 6.31. The van der Waals surface area contributed by atoms with E-state index in [9.17, 15) is 24.6 Å². The molecule has 170 valence electrons. The molecule has 5 rings (SSSR count). The first kappa shape index (κ1) is 20.9. The van der Waals surface area contributed by atoms with E-state index in [1.165, 1.54) is 6.08 Å². The minimum absolute atomic E-state index is 0.273. The van der Waals surface area contributed by atoms with E-state index >= 15 is 0 Å². The number of rotatable bonds is 2. The lowest BCUT2D eigenvalue weighted by Crippen LogP contribution is -2.59. The summed E-state index contributed by atoms with van der Waals surface area (Å²) in [4.78, 5) is 39.2. The quantitative estimate of drug-likeness (QED) is 0.596. The molecule has 9 heteroatoms. The average molecular weight is 435 g/mol. The Hall–Kier alpha value is -1.97. The molecular formula is C22H29NO8. The second-order valence-electron chi connectivity index (χ2n) is 9.59. The smallest absolute Gasteiger partial charge is 0.314 e. The van der Waals surface area contributed by atoms with Crippen LogP contribution in [0.2, 0.25) is 0 Å². The molecule has 0 amide bonds. The van der Waals surface area contributed by atoms with Gasteiger partial charge in [-0.25, -0.2) is 0 Å². The SMILES string of the molecule is CC[C@H]1[C@H]2[C@@H](CCCN3C([C@@H]4C[C@H](C)C(=O)O4)=CC(=O)[C@@]23O)O[C@]12OC(=O)[C@H](C)[C@H]2O. The number of ether oxygens (including phenoxy) is 3. The summed E-state index contributed by atoms with van der Waals surface area (Å²) < 4.78 is 17.3. The molecule has 0 bridgehead atoms. The Morgan fingerprint density at radius 2 is 1.97 bits per heavy atom. The van der Waals surface area contributed by atoms with Crippen molar-refractivity contribution in [1.29, 1.82) is 0 Å². The summed E-state index contributed by atoms with van der Waals surface area (Å²) in [6, 6.07) is 0. The van der Waals surface area contributed by atoms with E-state index in [1.807, 2.05) is 6.92 Å². The first-order chi connectivity index (χ1) is 14.6. The van der Waals surface area contributed by atoms with Crippen LogP contribution in [-0.2, 0) is 28.6 Å². The Morgan fingerprint density at radius 3 is 2.55 bits per heavy atom. The van der Waals surface area contributed by atoms with Crippen LogP contribution in [0.25, 0.3) is 0 Å². The standard InChI is InChI=1S/C22H29NO8/c1-4-12-17-14(30-22(12)18(25)11(3)20(27)31-22)6-5-7-23-13(9-16(24)21(17,23)28)15-8-10(2)19(26)29-15/h9-12,14-15,17-18,25,28H,4-8H2,1-3H3/t10-,11+,12-,14+,15-,17-,18+,21+,22-/m0/s1. The molecule has 0 aliphatic carbocycles. The van der Waals surface area contributed by atoms with E-state index in [2.05, 4.69) is 0 Å². The van der Waals surface area contributed by atoms with Crippen molar-refractivity contribution >= 4 is 17.7 Å². The molecule has 0 saturated carbocycles. The van der Waals surface area contributed by atoms with Crippen LogP contribution in [-0.4, -0.2) is 69.2 Å². The summed E-state index contributed by atoms with van der Waals surface area (Å²) in [6.07, 6.45) is 1.11. The van der Waals surface area contributed by atoms with Crippen molar-refractivity contribution in [2.24, 2.45) is 23.7 Å². The number of esters is 2. The Bertz CT molecular complexity index is 872. The van der Waals surface area contributed by atoms with Crippen molar-refractivity contribution < 1.29 is 38.8 Å². The van der Waals surface area contributed by atoms with Crippen molar-refractivity contribution in [2.75, 3.05) is 6.54 Å². The topological polar surface area (TPSA) is 123 Å². The molecule has 0 aromatic rings. The molecule has 4 saturated heterocycles. The Morgan fingerprint density at radius 1 is 1.23 bits per heavy atom. The predicted octanol–water partition coefficient (Wildman–Crippen LogP) is 0.480. The number of aliphatic hydroxyl groups excluding tert-OH is 1. The lowest BCUT2D eigenvalue weighted by atomic mass is 9.73. The molecule has 4 fully saturated rings. The summed E-state index contributed by atoms with van der Waals surface area (Å²) in [5, 5.41) is 22.8. The van der Waals surface area contributed by atoms with Gasteiger partial charge in [-0.15, -0.1) is 0 Å².